The SMILES string of the molecule is O=S1(=O)CCCCN1Cc1c(Cl)cccc1Cl. The highest BCUT2D eigenvalue weighted by Gasteiger charge is 2.26. The van der Waals surface area contributed by atoms with Crippen LogP contribution in [0.4, 0.5) is 0 Å². The summed E-state index contributed by atoms with van der Waals surface area (Å²) >= 11 is 12.1. The summed E-state index contributed by atoms with van der Waals surface area (Å²) in [4.78, 5) is 0. The molecule has 1 aliphatic heterocycles. The van der Waals surface area contributed by atoms with Crippen molar-refractivity contribution in [3.63, 3.8) is 0 Å². The molecule has 1 fully saturated rings. The zero-order valence-electron chi connectivity index (χ0n) is 9.20. The van der Waals surface area contributed by atoms with E-state index in [0.717, 1.165) is 12.8 Å². The number of nitrogens with zero attached hydrogens (tertiary/aromatic N) is 1. The Labute approximate surface area is 111 Å². The maximum Gasteiger partial charge on any atom is 0.214 e. The van der Waals surface area contributed by atoms with Crippen molar-refractivity contribution in [3.8, 4) is 0 Å². The van der Waals surface area contributed by atoms with Gasteiger partial charge in [0.25, 0.3) is 0 Å². The Morgan fingerprint density at radius 3 is 2.41 bits per heavy atom. The molecular weight excluding hydrogens is 281 g/mol. The van der Waals surface area contributed by atoms with Crippen LogP contribution in [-0.4, -0.2) is 25.0 Å². The van der Waals surface area contributed by atoms with Crippen molar-refractivity contribution in [2.75, 3.05) is 12.3 Å². The van der Waals surface area contributed by atoms with Gasteiger partial charge in [-0.1, -0.05) is 29.3 Å². The molecular formula is C11H13Cl2NO2S. The number of sulfonamides is 1. The molecule has 1 aliphatic rings. The Hall–Kier alpha value is -0.290. The van der Waals surface area contributed by atoms with Crippen LogP contribution in [0.25, 0.3) is 0 Å². The lowest BCUT2D eigenvalue weighted by Gasteiger charge is -2.26. The third-order valence-electron chi connectivity index (χ3n) is 2.85. The van der Waals surface area contributed by atoms with Gasteiger partial charge in [0.05, 0.1) is 5.75 Å². The number of hydrogen-bond acceptors (Lipinski definition) is 2. The van der Waals surface area contributed by atoms with E-state index in [-0.39, 0.29) is 12.3 Å². The predicted octanol–water partition coefficient (Wildman–Crippen LogP) is 2.92. The van der Waals surface area contributed by atoms with Crippen LogP contribution in [0.5, 0.6) is 0 Å². The molecule has 1 heterocycles. The molecule has 0 aliphatic carbocycles. The van der Waals surface area contributed by atoms with Crippen molar-refractivity contribution in [2.45, 2.75) is 19.4 Å². The van der Waals surface area contributed by atoms with Gasteiger partial charge in [-0.05, 0) is 25.0 Å². The molecule has 0 N–H and O–H groups in total. The van der Waals surface area contributed by atoms with Gasteiger partial charge in [0.15, 0.2) is 0 Å². The molecule has 2 rings (SSSR count). The number of halogens is 2. The predicted molar refractivity (Wildman–Crippen MR) is 69.9 cm³/mol. The van der Waals surface area contributed by atoms with E-state index in [1.807, 2.05) is 0 Å². The molecule has 17 heavy (non-hydrogen) atoms. The van der Waals surface area contributed by atoms with Crippen LogP contribution in [0.3, 0.4) is 0 Å². The van der Waals surface area contributed by atoms with E-state index in [9.17, 15) is 8.42 Å². The molecule has 0 spiro atoms. The zero-order valence-corrected chi connectivity index (χ0v) is 11.5. The summed E-state index contributed by atoms with van der Waals surface area (Å²) in [6.07, 6.45) is 1.62. The molecule has 0 bridgehead atoms. The van der Waals surface area contributed by atoms with Gasteiger partial charge in [-0.2, -0.15) is 4.31 Å². The van der Waals surface area contributed by atoms with E-state index in [0.29, 0.717) is 22.2 Å². The summed E-state index contributed by atoms with van der Waals surface area (Å²) in [7, 11) is -3.14. The Morgan fingerprint density at radius 1 is 1.18 bits per heavy atom. The van der Waals surface area contributed by atoms with Crippen LogP contribution in [0.1, 0.15) is 18.4 Å². The van der Waals surface area contributed by atoms with E-state index < -0.39 is 10.0 Å². The van der Waals surface area contributed by atoms with Crippen molar-refractivity contribution in [1.82, 2.24) is 4.31 Å². The first kappa shape index (κ1) is 13.1. The van der Waals surface area contributed by atoms with Crippen LogP contribution in [0.15, 0.2) is 18.2 Å². The summed E-state index contributed by atoms with van der Waals surface area (Å²) in [5, 5.41) is 1.02. The molecule has 1 saturated heterocycles. The van der Waals surface area contributed by atoms with E-state index in [4.69, 9.17) is 23.2 Å². The highest BCUT2D eigenvalue weighted by Crippen LogP contribution is 2.27. The lowest BCUT2D eigenvalue weighted by Crippen LogP contribution is -2.37. The second kappa shape index (κ2) is 5.14. The fourth-order valence-electron chi connectivity index (χ4n) is 1.88. The smallest absolute Gasteiger partial charge is 0.212 e. The Bertz CT molecular complexity index is 496. The molecule has 0 atom stereocenters. The Kier molecular flexibility index (Phi) is 3.98. The van der Waals surface area contributed by atoms with Gasteiger partial charge in [0.2, 0.25) is 10.0 Å². The largest absolute Gasteiger partial charge is 0.214 e. The summed E-state index contributed by atoms with van der Waals surface area (Å²) in [6, 6.07) is 5.19. The van der Waals surface area contributed by atoms with Gasteiger partial charge in [-0.25, -0.2) is 8.42 Å². The van der Waals surface area contributed by atoms with Crippen LogP contribution < -0.4 is 0 Å². The first-order chi connectivity index (χ1) is 8.00. The van der Waals surface area contributed by atoms with Gasteiger partial charge < -0.3 is 0 Å². The first-order valence-electron chi connectivity index (χ1n) is 5.41. The first-order valence-corrected chi connectivity index (χ1v) is 7.78. The van der Waals surface area contributed by atoms with Crippen molar-refractivity contribution in [2.24, 2.45) is 0 Å². The van der Waals surface area contributed by atoms with Gasteiger partial charge in [-0.3, -0.25) is 0 Å². The average molecular weight is 294 g/mol. The minimum Gasteiger partial charge on any atom is -0.212 e. The summed E-state index contributed by atoms with van der Waals surface area (Å²) in [5.74, 6) is 0.217. The highest BCUT2D eigenvalue weighted by molar-refractivity contribution is 7.89. The van der Waals surface area contributed by atoms with Crippen molar-refractivity contribution >= 4 is 33.2 Å². The van der Waals surface area contributed by atoms with Gasteiger partial charge in [0.1, 0.15) is 0 Å². The topological polar surface area (TPSA) is 37.4 Å². The van der Waals surface area contributed by atoms with E-state index >= 15 is 0 Å². The van der Waals surface area contributed by atoms with Crippen molar-refractivity contribution < 1.29 is 8.42 Å². The molecule has 0 aromatic heterocycles. The minimum atomic E-state index is -3.14. The van der Waals surface area contributed by atoms with Gasteiger partial charge >= 0.3 is 0 Å². The molecule has 0 amide bonds. The Morgan fingerprint density at radius 2 is 1.82 bits per heavy atom. The Balaban J connectivity index is 2.26. The minimum absolute atomic E-state index is 0.217. The molecule has 6 heteroatoms. The van der Waals surface area contributed by atoms with Crippen LogP contribution in [0, 0.1) is 0 Å². The summed E-state index contributed by atoms with van der Waals surface area (Å²) in [5.41, 5.74) is 0.682. The highest BCUT2D eigenvalue weighted by atomic mass is 35.5. The maximum atomic E-state index is 11.8. The average Bonchev–Trinajstić information content (AvgIpc) is 2.25. The van der Waals surface area contributed by atoms with Gasteiger partial charge in [-0.15, -0.1) is 0 Å². The number of hydrogen-bond donors (Lipinski definition) is 0. The quantitative estimate of drug-likeness (QED) is 0.841. The zero-order chi connectivity index (χ0) is 12.5. The van der Waals surface area contributed by atoms with E-state index in [2.05, 4.69) is 0 Å². The summed E-state index contributed by atoms with van der Waals surface area (Å²) < 4.78 is 25.2. The van der Waals surface area contributed by atoms with Gasteiger partial charge in [0, 0.05) is 28.7 Å². The van der Waals surface area contributed by atoms with Crippen LogP contribution in [-0.2, 0) is 16.6 Å². The molecule has 0 radical (unpaired) electrons. The third kappa shape index (κ3) is 2.94. The standard InChI is InChI=1S/C11H13Cl2NO2S/c12-10-4-3-5-11(13)9(10)8-14-6-1-2-7-17(14,15)16/h3-5H,1-2,6-8H2. The lowest BCUT2D eigenvalue weighted by atomic mass is 10.2. The molecule has 94 valence electrons. The summed E-state index contributed by atoms with van der Waals surface area (Å²) in [6.45, 7) is 0.810. The molecule has 1 aromatic carbocycles. The number of rotatable bonds is 2. The van der Waals surface area contributed by atoms with E-state index in [1.165, 1.54) is 4.31 Å². The molecule has 0 saturated carbocycles. The molecule has 0 unspecified atom stereocenters. The molecule has 3 nitrogen and oxygen atoms in total. The number of benzene rings is 1. The second-order valence-electron chi connectivity index (χ2n) is 4.06. The van der Waals surface area contributed by atoms with Crippen LogP contribution in [0.2, 0.25) is 10.0 Å². The van der Waals surface area contributed by atoms with Crippen molar-refractivity contribution in [1.29, 1.82) is 0 Å². The van der Waals surface area contributed by atoms with E-state index in [1.54, 1.807) is 18.2 Å². The van der Waals surface area contributed by atoms with Crippen molar-refractivity contribution in [3.05, 3.63) is 33.8 Å². The van der Waals surface area contributed by atoms with Crippen LogP contribution >= 0.6 is 23.2 Å². The monoisotopic (exact) mass is 293 g/mol. The fourth-order valence-corrected chi connectivity index (χ4v) is 3.96. The normalized spacial score (nSPS) is 20.4. The fraction of sp³-hybridized carbons (Fsp3) is 0.455. The molecule has 1 aromatic rings. The third-order valence-corrected chi connectivity index (χ3v) is 5.46. The maximum absolute atomic E-state index is 11.8. The lowest BCUT2D eigenvalue weighted by molar-refractivity contribution is 0.378. The second-order valence-corrected chi connectivity index (χ2v) is 6.96.